The first-order valence-corrected chi connectivity index (χ1v) is 10.1. The number of hydrogen-bond acceptors (Lipinski definition) is 5. The molecule has 1 heterocycles. The normalized spacial score (nSPS) is 10.5. The molecule has 1 amide bonds. The van der Waals surface area contributed by atoms with Crippen LogP contribution >= 0.6 is 11.8 Å². The van der Waals surface area contributed by atoms with E-state index >= 15 is 0 Å². The maximum absolute atomic E-state index is 12.3. The number of benzene rings is 2. The van der Waals surface area contributed by atoms with Crippen LogP contribution in [-0.2, 0) is 11.2 Å². The molecular formula is C22H21N3O2S. The highest BCUT2D eigenvalue weighted by molar-refractivity contribution is 8.00. The summed E-state index contributed by atoms with van der Waals surface area (Å²) in [5, 5.41) is 13.8. The summed E-state index contributed by atoms with van der Waals surface area (Å²) >= 11 is 1.26. The van der Waals surface area contributed by atoms with Gasteiger partial charge in [0.25, 0.3) is 0 Å². The molecular weight excluding hydrogens is 370 g/mol. The van der Waals surface area contributed by atoms with E-state index < -0.39 is 0 Å². The van der Waals surface area contributed by atoms with Crippen molar-refractivity contribution >= 4 is 34.3 Å². The van der Waals surface area contributed by atoms with Gasteiger partial charge in [0.1, 0.15) is 16.8 Å². The summed E-state index contributed by atoms with van der Waals surface area (Å²) in [7, 11) is 0. The van der Waals surface area contributed by atoms with Crippen molar-refractivity contribution in [2.75, 3.05) is 17.7 Å². The van der Waals surface area contributed by atoms with E-state index in [9.17, 15) is 10.1 Å². The van der Waals surface area contributed by atoms with Crippen molar-refractivity contribution in [3.63, 3.8) is 0 Å². The van der Waals surface area contributed by atoms with Gasteiger partial charge in [-0.3, -0.25) is 4.79 Å². The van der Waals surface area contributed by atoms with Gasteiger partial charge in [-0.15, -0.1) is 0 Å². The predicted octanol–water partition coefficient (Wildman–Crippen LogP) is 4.80. The molecule has 0 atom stereocenters. The smallest absolute Gasteiger partial charge is 0.234 e. The number of aryl methyl sites for hydroxylation is 1. The fourth-order valence-corrected chi connectivity index (χ4v) is 3.51. The van der Waals surface area contributed by atoms with E-state index in [0.717, 1.165) is 23.1 Å². The molecule has 1 aromatic heterocycles. The number of carbonyl (C=O) groups excluding carboxylic acids is 1. The summed E-state index contributed by atoms with van der Waals surface area (Å²) in [6, 6.07) is 17.3. The molecule has 0 saturated carbocycles. The van der Waals surface area contributed by atoms with E-state index in [2.05, 4.69) is 29.4 Å². The Kier molecular flexibility index (Phi) is 6.51. The Hall–Kier alpha value is -3.04. The molecule has 0 aliphatic heterocycles. The van der Waals surface area contributed by atoms with E-state index in [0.29, 0.717) is 22.9 Å². The summed E-state index contributed by atoms with van der Waals surface area (Å²) in [6.45, 7) is 4.61. The summed E-state index contributed by atoms with van der Waals surface area (Å²) in [6.07, 6.45) is 0.931. The lowest BCUT2D eigenvalue weighted by atomic mass is 10.1. The molecule has 1 N–H and O–H groups in total. The first kappa shape index (κ1) is 19.7. The Morgan fingerprint density at radius 2 is 1.96 bits per heavy atom. The topological polar surface area (TPSA) is 75.0 Å². The quantitative estimate of drug-likeness (QED) is 0.586. The standard InChI is InChI=1S/C22H21N3O2S/c1-3-15-5-10-20-16(11-15)12-17(13-23)22(25-20)28-14-21(26)24-18-6-8-19(9-7-18)27-4-2/h5-12H,3-4,14H2,1-2H3,(H,24,26). The first-order valence-electron chi connectivity index (χ1n) is 9.12. The first-order chi connectivity index (χ1) is 13.6. The summed E-state index contributed by atoms with van der Waals surface area (Å²) < 4.78 is 5.39. The SMILES string of the molecule is CCOc1ccc(NC(=O)CSc2nc3ccc(CC)cc3cc2C#N)cc1. The second kappa shape index (κ2) is 9.25. The average molecular weight is 391 g/mol. The highest BCUT2D eigenvalue weighted by Gasteiger charge is 2.11. The molecule has 2 aromatic carbocycles. The number of carbonyl (C=O) groups is 1. The Labute approximate surface area is 168 Å². The summed E-state index contributed by atoms with van der Waals surface area (Å²) in [4.78, 5) is 16.8. The third-order valence-electron chi connectivity index (χ3n) is 4.16. The van der Waals surface area contributed by atoms with E-state index in [1.807, 2.05) is 37.3 Å². The highest BCUT2D eigenvalue weighted by Crippen LogP contribution is 2.26. The molecule has 142 valence electrons. The Bertz CT molecular complexity index is 1030. The van der Waals surface area contributed by atoms with Crippen molar-refractivity contribution in [1.82, 2.24) is 4.98 Å². The third-order valence-corrected chi connectivity index (χ3v) is 5.15. The fourth-order valence-electron chi connectivity index (χ4n) is 2.75. The third kappa shape index (κ3) is 4.81. The van der Waals surface area contributed by atoms with Crippen LogP contribution in [0.15, 0.2) is 53.6 Å². The number of nitrogens with one attached hydrogen (secondary N) is 1. The molecule has 28 heavy (non-hydrogen) atoms. The lowest BCUT2D eigenvalue weighted by Crippen LogP contribution is -2.14. The predicted molar refractivity (Wildman–Crippen MR) is 113 cm³/mol. The zero-order valence-electron chi connectivity index (χ0n) is 15.9. The van der Waals surface area contributed by atoms with Gasteiger partial charge < -0.3 is 10.1 Å². The molecule has 0 aliphatic carbocycles. The fraction of sp³-hybridized carbons (Fsp3) is 0.227. The number of thioether (sulfide) groups is 1. The number of rotatable bonds is 7. The number of fused-ring (bicyclic) bond motifs is 1. The van der Waals surface area contributed by atoms with E-state index in [4.69, 9.17) is 4.74 Å². The molecule has 0 fully saturated rings. The van der Waals surface area contributed by atoms with Crippen LogP contribution in [0.2, 0.25) is 0 Å². The maximum Gasteiger partial charge on any atom is 0.234 e. The van der Waals surface area contributed by atoms with Gasteiger partial charge in [0, 0.05) is 11.1 Å². The molecule has 5 nitrogen and oxygen atoms in total. The van der Waals surface area contributed by atoms with Gasteiger partial charge >= 0.3 is 0 Å². The van der Waals surface area contributed by atoms with Gasteiger partial charge in [0.2, 0.25) is 5.91 Å². The van der Waals surface area contributed by atoms with Crippen molar-refractivity contribution in [2.24, 2.45) is 0 Å². The Morgan fingerprint density at radius 1 is 1.18 bits per heavy atom. The van der Waals surface area contributed by atoms with Crippen LogP contribution in [0.1, 0.15) is 25.0 Å². The zero-order chi connectivity index (χ0) is 19.9. The van der Waals surface area contributed by atoms with Gasteiger partial charge in [-0.2, -0.15) is 5.26 Å². The largest absolute Gasteiger partial charge is 0.494 e. The molecule has 0 aliphatic rings. The van der Waals surface area contributed by atoms with Crippen molar-refractivity contribution < 1.29 is 9.53 Å². The molecule has 3 rings (SSSR count). The van der Waals surface area contributed by atoms with E-state index in [-0.39, 0.29) is 11.7 Å². The maximum atomic E-state index is 12.3. The monoisotopic (exact) mass is 391 g/mol. The van der Waals surface area contributed by atoms with Gasteiger partial charge in [-0.25, -0.2) is 4.98 Å². The second-order valence-corrected chi connectivity index (χ2v) is 7.09. The van der Waals surface area contributed by atoms with Gasteiger partial charge in [-0.05, 0) is 61.4 Å². The lowest BCUT2D eigenvalue weighted by Gasteiger charge is -2.08. The van der Waals surface area contributed by atoms with Gasteiger partial charge in [-0.1, -0.05) is 24.8 Å². The number of amides is 1. The van der Waals surface area contributed by atoms with Crippen LogP contribution < -0.4 is 10.1 Å². The van der Waals surface area contributed by atoms with Crippen LogP contribution in [0, 0.1) is 11.3 Å². The molecule has 0 radical (unpaired) electrons. The summed E-state index contributed by atoms with van der Waals surface area (Å²) in [5.41, 5.74) is 3.21. The lowest BCUT2D eigenvalue weighted by molar-refractivity contribution is -0.113. The van der Waals surface area contributed by atoms with E-state index in [1.165, 1.54) is 17.3 Å². The van der Waals surface area contributed by atoms with Gasteiger partial charge in [0.15, 0.2) is 0 Å². The number of nitriles is 1. The molecule has 0 bridgehead atoms. The van der Waals surface area contributed by atoms with Crippen molar-refractivity contribution in [3.8, 4) is 11.8 Å². The van der Waals surface area contributed by atoms with Crippen LogP contribution in [0.25, 0.3) is 10.9 Å². The van der Waals surface area contributed by atoms with Crippen LogP contribution in [0.3, 0.4) is 0 Å². The van der Waals surface area contributed by atoms with Gasteiger partial charge in [0.05, 0.1) is 23.4 Å². The Balaban J connectivity index is 1.68. The summed E-state index contributed by atoms with van der Waals surface area (Å²) in [5.74, 6) is 0.786. The number of aromatic nitrogens is 1. The second-order valence-electron chi connectivity index (χ2n) is 6.13. The number of hydrogen-bond donors (Lipinski definition) is 1. The minimum Gasteiger partial charge on any atom is -0.494 e. The average Bonchev–Trinajstić information content (AvgIpc) is 2.72. The molecule has 3 aromatic rings. The molecule has 0 spiro atoms. The molecule has 0 unspecified atom stereocenters. The van der Waals surface area contributed by atoms with Crippen LogP contribution in [0.5, 0.6) is 5.75 Å². The van der Waals surface area contributed by atoms with E-state index in [1.54, 1.807) is 12.1 Å². The zero-order valence-corrected chi connectivity index (χ0v) is 16.7. The van der Waals surface area contributed by atoms with Crippen LogP contribution in [0.4, 0.5) is 5.69 Å². The highest BCUT2D eigenvalue weighted by atomic mass is 32.2. The van der Waals surface area contributed by atoms with Crippen molar-refractivity contribution in [2.45, 2.75) is 25.3 Å². The van der Waals surface area contributed by atoms with Crippen LogP contribution in [-0.4, -0.2) is 23.3 Å². The van der Waals surface area contributed by atoms with Crippen molar-refractivity contribution in [1.29, 1.82) is 5.26 Å². The molecule has 6 heteroatoms. The Morgan fingerprint density at radius 3 is 2.64 bits per heavy atom. The minimum absolute atomic E-state index is 0.152. The number of nitrogens with zero attached hydrogens (tertiary/aromatic N) is 2. The number of anilines is 1. The van der Waals surface area contributed by atoms with Crippen molar-refractivity contribution in [3.05, 3.63) is 59.7 Å². The molecule has 0 saturated heterocycles. The number of pyridine rings is 1. The minimum atomic E-state index is -0.152. The number of ether oxygens (including phenoxy) is 1.